The highest BCUT2D eigenvalue weighted by molar-refractivity contribution is 8.01. The predicted octanol–water partition coefficient (Wildman–Crippen LogP) is 6.12. The molecule has 1 N–H and O–H groups in total. The van der Waals surface area contributed by atoms with Crippen LogP contribution in [0.5, 0.6) is 0 Å². The minimum Gasteiger partial charge on any atom is -0.452 e. The van der Waals surface area contributed by atoms with E-state index < -0.39 is 35.5 Å². The maximum absolute atomic E-state index is 13.7. The van der Waals surface area contributed by atoms with Gasteiger partial charge in [0.2, 0.25) is 0 Å². The first kappa shape index (κ1) is 28.4. The highest BCUT2D eigenvalue weighted by Crippen LogP contribution is 2.32. The zero-order valence-electron chi connectivity index (χ0n) is 21.4. The van der Waals surface area contributed by atoms with Gasteiger partial charge in [0.1, 0.15) is 9.81 Å². The average Bonchev–Trinajstić information content (AvgIpc) is 3.58. The van der Waals surface area contributed by atoms with Crippen molar-refractivity contribution in [3.63, 3.8) is 0 Å². The fourth-order valence-electron chi connectivity index (χ4n) is 3.50. The largest absolute Gasteiger partial charge is 0.452 e. The number of rotatable bonds is 10. The molecule has 1 unspecified atom stereocenters. The Morgan fingerprint density at radius 3 is 2.21 bits per heavy atom. The van der Waals surface area contributed by atoms with Gasteiger partial charge in [0, 0.05) is 5.38 Å². The van der Waals surface area contributed by atoms with E-state index in [2.05, 4.69) is 19.9 Å². The van der Waals surface area contributed by atoms with Crippen molar-refractivity contribution in [1.29, 1.82) is 0 Å². The molecular weight excluding hydrogens is 557 g/mol. The van der Waals surface area contributed by atoms with Crippen molar-refractivity contribution in [2.45, 2.75) is 42.6 Å². The standard InChI is InChI=1S/C27H26N4O5S3/c1-27(2,3)36-26(34)30-25-29-19(15-38-25)22(20(32)16-37-21-14-28-31-39-21)24(33)35-23(17-10-6-4-7-11-17)18-12-8-5-9-13-18/h4-15,22-23H,16H2,1-3H3,(H,29,30,34). The first-order valence-corrected chi connectivity index (χ1v) is 14.5. The lowest BCUT2D eigenvalue weighted by Crippen LogP contribution is -2.28. The molecule has 39 heavy (non-hydrogen) atoms. The molecule has 1 amide bonds. The van der Waals surface area contributed by atoms with Crippen LogP contribution in [0.25, 0.3) is 0 Å². The molecule has 2 aromatic heterocycles. The summed E-state index contributed by atoms with van der Waals surface area (Å²) in [6.45, 7) is 5.24. The van der Waals surface area contributed by atoms with Gasteiger partial charge in [-0.25, -0.2) is 9.78 Å². The molecule has 0 aliphatic carbocycles. The summed E-state index contributed by atoms with van der Waals surface area (Å²) in [5.41, 5.74) is 1.01. The van der Waals surface area contributed by atoms with Crippen molar-refractivity contribution < 1.29 is 23.9 Å². The smallest absolute Gasteiger partial charge is 0.413 e. The van der Waals surface area contributed by atoms with E-state index in [4.69, 9.17) is 9.47 Å². The number of hydrogen-bond acceptors (Lipinski definition) is 11. The Bertz CT molecular complexity index is 1350. The lowest BCUT2D eigenvalue weighted by atomic mass is 9.99. The summed E-state index contributed by atoms with van der Waals surface area (Å²) in [6.07, 6.45) is 0.143. The van der Waals surface area contributed by atoms with E-state index in [1.165, 1.54) is 11.8 Å². The molecule has 0 spiro atoms. The van der Waals surface area contributed by atoms with E-state index in [9.17, 15) is 14.4 Å². The first-order chi connectivity index (χ1) is 18.7. The van der Waals surface area contributed by atoms with Crippen LogP contribution in [-0.2, 0) is 19.1 Å². The quantitative estimate of drug-likeness (QED) is 0.134. The lowest BCUT2D eigenvalue weighted by molar-refractivity contribution is -0.151. The van der Waals surface area contributed by atoms with Crippen LogP contribution in [0.1, 0.15) is 49.6 Å². The topological polar surface area (TPSA) is 120 Å². The number of aromatic nitrogens is 3. The van der Waals surface area contributed by atoms with E-state index in [1.54, 1.807) is 32.3 Å². The molecule has 0 aliphatic heterocycles. The van der Waals surface area contributed by atoms with Gasteiger partial charge >= 0.3 is 12.1 Å². The van der Waals surface area contributed by atoms with E-state index in [1.807, 2.05) is 60.7 Å². The molecule has 9 nitrogen and oxygen atoms in total. The molecule has 2 aromatic carbocycles. The monoisotopic (exact) mass is 582 g/mol. The van der Waals surface area contributed by atoms with Crippen LogP contribution >= 0.6 is 34.6 Å². The minimum atomic E-state index is -1.31. The first-order valence-electron chi connectivity index (χ1n) is 11.9. The molecule has 0 bridgehead atoms. The van der Waals surface area contributed by atoms with Gasteiger partial charge < -0.3 is 9.47 Å². The van der Waals surface area contributed by atoms with Gasteiger partial charge in [-0.15, -0.1) is 28.2 Å². The molecule has 0 aliphatic rings. The number of amides is 1. The number of hydrogen-bond donors (Lipinski definition) is 1. The summed E-state index contributed by atoms with van der Waals surface area (Å²) in [6, 6.07) is 18.6. The number of Topliss-reactive ketones (excluding diaryl/α,β-unsaturated/α-hetero) is 1. The number of thiazole rings is 1. The number of thioether (sulfide) groups is 1. The maximum atomic E-state index is 13.7. The van der Waals surface area contributed by atoms with Crippen LogP contribution in [0, 0.1) is 0 Å². The summed E-state index contributed by atoms with van der Waals surface area (Å²) in [7, 11) is 0. The molecule has 0 radical (unpaired) electrons. The minimum absolute atomic E-state index is 0.0165. The van der Waals surface area contributed by atoms with E-state index in [-0.39, 0.29) is 16.6 Å². The third-order valence-electron chi connectivity index (χ3n) is 5.12. The van der Waals surface area contributed by atoms with Gasteiger partial charge in [0.25, 0.3) is 0 Å². The molecule has 2 heterocycles. The average molecular weight is 583 g/mol. The van der Waals surface area contributed by atoms with Crippen molar-refractivity contribution in [2.75, 3.05) is 11.1 Å². The second-order valence-corrected chi connectivity index (χ2v) is 12.2. The number of benzene rings is 2. The summed E-state index contributed by atoms with van der Waals surface area (Å²) in [5, 5.41) is 8.11. The van der Waals surface area contributed by atoms with Crippen LogP contribution in [0.3, 0.4) is 0 Å². The number of ketones is 1. The molecular formula is C27H26N4O5S3. The van der Waals surface area contributed by atoms with Gasteiger partial charge in [-0.2, -0.15) is 0 Å². The van der Waals surface area contributed by atoms with Crippen molar-refractivity contribution in [3.05, 3.63) is 89.1 Å². The third-order valence-corrected chi connectivity index (χ3v) is 7.75. The highest BCUT2D eigenvalue weighted by Gasteiger charge is 2.35. The molecule has 1 atom stereocenters. The lowest BCUT2D eigenvalue weighted by Gasteiger charge is -2.21. The molecule has 0 fully saturated rings. The molecule has 12 heteroatoms. The van der Waals surface area contributed by atoms with Crippen molar-refractivity contribution in [2.24, 2.45) is 0 Å². The fourth-order valence-corrected chi connectivity index (χ4v) is 5.55. The van der Waals surface area contributed by atoms with E-state index in [0.717, 1.165) is 38.2 Å². The van der Waals surface area contributed by atoms with E-state index >= 15 is 0 Å². The van der Waals surface area contributed by atoms with Gasteiger partial charge in [-0.3, -0.25) is 14.9 Å². The summed E-state index contributed by atoms with van der Waals surface area (Å²) in [5.74, 6) is -2.46. The maximum Gasteiger partial charge on any atom is 0.413 e. The zero-order valence-corrected chi connectivity index (χ0v) is 23.8. The Kier molecular flexibility index (Phi) is 9.44. The highest BCUT2D eigenvalue weighted by atomic mass is 32.2. The summed E-state index contributed by atoms with van der Waals surface area (Å²) >= 11 is 3.48. The molecule has 4 aromatic rings. The molecule has 0 saturated carbocycles. The number of nitrogens with one attached hydrogen (secondary N) is 1. The fraction of sp³-hybridized carbons (Fsp3) is 0.259. The van der Waals surface area contributed by atoms with Crippen LogP contribution in [-0.4, -0.2) is 43.8 Å². The Labute approximate surface area is 238 Å². The Hall–Kier alpha value is -3.61. The summed E-state index contributed by atoms with van der Waals surface area (Å²) in [4.78, 5) is 43.8. The SMILES string of the molecule is CC(C)(C)OC(=O)Nc1nc(C(C(=O)CSc2cnns2)C(=O)OC(c2ccccc2)c2ccccc2)cs1. The third kappa shape index (κ3) is 8.19. The van der Waals surface area contributed by atoms with Gasteiger partial charge in [-0.1, -0.05) is 65.2 Å². The predicted molar refractivity (Wildman–Crippen MR) is 151 cm³/mol. The van der Waals surface area contributed by atoms with Crippen LogP contribution in [0.4, 0.5) is 9.93 Å². The number of esters is 1. The molecule has 0 saturated heterocycles. The van der Waals surface area contributed by atoms with E-state index in [0.29, 0.717) is 0 Å². The van der Waals surface area contributed by atoms with Gasteiger partial charge in [-0.05, 0) is 43.4 Å². The Morgan fingerprint density at radius 1 is 1.00 bits per heavy atom. The molecule has 4 rings (SSSR count). The van der Waals surface area contributed by atoms with Gasteiger partial charge in [0.05, 0.1) is 17.6 Å². The second-order valence-electron chi connectivity index (χ2n) is 9.27. The number of ether oxygens (including phenoxy) is 2. The number of carbonyl (C=O) groups is 3. The number of anilines is 1. The van der Waals surface area contributed by atoms with Gasteiger partial charge in [0.15, 0.2) is 22.9 Å². The number of nitrogens with zero attached hydrogens (tertiary/aromatic N) is 3. The van der Waals surface area contributed by atoms with Crippen molar-refractivity contribution >= 4 is 57.6 Å². The Morgan fingerprint density at radius 2 is 1.64 bits per heavy atom. The van der Waals surface area contributed by atoms with Crippen LogP contribution in [0.2, 0.25) is 0 Å². The van der Waals surface area contributed by atoms with Crippen LogP contribution < -0.4 is 5.32 Å². The van der Waals surface area contributed by atoms with Crippen molar-refractivity contribution in [1.82, 2.24) is 14.6 Å². The normalized spacial score (nSPS) is 12.1. The van der Waals surface area contributed by atoms with Crippen molar-refractivity contribution in [3.8, 4) is 0 Å². The summed E-state index contributed by atoms with van der Waals surface area (Å²) < 4.78 is 15.8. The molecule has 202 valence electrons. The second kappa shape index (κ2) is 13.0. The van der Waals surface area contributed by atoms with Crippen LogP contribution in [0.15, 0.2) is 76.4 Å². The Balaban J connectivity index is 1.60. The number of carbonyl (C=O) groups excluding carboxylic acids is 3. The zero-order chi connectivity index (χ0) is 27.8.